The molecule has 0 aliphatic carbocycles. The largest absolute Gasteiger partial charge is 0.497 e. The molecule has 2 rings (SSSR count). The molecule has 0 saturated heterocycles. The van der Waals surface area contributed by atoms with E-state index >= 15 is 0 Å². The van der Waals surface area contributed by atoms with Crippen LogP contribution >= 0.6 is 0 Å². The number of hydrogen-bond acceptors (Lipinski definition) is 4. The first-order chi connectivity index (χ1) is 12.5. The molecule has 0 radical (unpaired) electrons. The Kier molecular flexibility index (Phi) is 5.72. The van der Waals surface area contributed by atoms with E-state index in [2.05, 4.69) is 10.3 Å². The molecule has 9 heteroatoms. The second-order valence-corrected chi connectivity index (χ2v) is 6.02. The van der Waals surface area contributed by atoms with Crippen molar-refractivity contribution in [2.24, 2.45) is 0 Å². The van der Waals surface area contributed by atoms with Crippen LogP contribution in [0, 0.1) is 0 Å². The lowest BCUT2D eigenvalue weighted by Crippen LogP contribution is -2.45. The highest BCUT2D eigenvalue weighted by molar-refractivity contribution is 5.94. The van der Waals surface area contributed by atoms with Gasteiger partial charge in [-0.3, -0.25) is 14.6 Å². The van der Waals surface area contributed by atoms with Crippen molar-refractivity contribution in [2.75, 3.05) is 7.11 Å². The summed E-state index contributed by atoms with van der Waals surface area (Å²) in [4.78, 5) is 27.0. The number of aromatic nitrogens is 1. The summed E-state index contributed by atoms with van der Waals surface area (Å²) in [5.41, 5.74) is -2.10. The molecule has 0 aliphatic heterocycles. The molecule has 1 unspecified atom stereocenters. The van der Waals surface area contributed by atoms with Crippen LogP contribution in [0.2, 0.25) is 0 Å². The maximum Gasteiger partial charge on any atom is 0.433 e. The number of nitrogens with one attached hydrogen (secondary N) is 1. The first kappa shape index (κ1) is 20.2. The van der Waals surface area contributed by atoms with E-state index in [0.29, 0.717) is 17.4 Å². The third kappa shape index (κ3) is 4.96. The minimum absolute atomic E-state index is 0.123. The first-order valence-electron chi connectivity index (χ1n) is 7.77. The number of halogens is 3. The summed E-state index contributed by atoms with van der Waals surface area (Å²) >= 11 is 0. The van der Waals surface area contributed by atoms with Gasteiger partial charge in [0.1, 0.15) is 11.4 Å². The molecule has 6 nitrogen and oxygen atoms in total. The predicted molar refractivity (Wildman–Crippen MR) is 89.3 cm³/mol. The molecule has 27 heavy (non-hydrogen) atoms. The third-order valence-electron chi connectivity index (χ3n) is 3.92. The summed E-state index contributed by atoms with van der Waals surface area (Å²) in [6.07, 6.45) is -4.27. The van der Waals surface area contributed by atoms with Crippen LogP contribution in [0.4, 0.5) is 13.2 Å². The minimum Gasteiger partial charge on any atom is -0.497 e. The van der Waals surface area contributed by atoms with Crippen LogP contribution in [0.3, 0.4) is 0 Å². The van der Waals surface area contributed by atoms with Gasteiger partial charge in [0.15, 0.2) is 0 Å². The smallest absolute Gasteiger partial charge is 0.433 e. The molecule has 144 valence electrons. The minimum atomic E-state index is -4.62. The molecule has 1 aromatic carbocycles. The van der Waals surface area contributed by atoms with Gasteiger partial charge in [-0.15, -0.1) is 0 Å². The number of amides is 1. The van der Waals surface area contributed by atoms with Gasteiger partial charge < -0.3 is 15.2 Å². The van der Waals surface area contributed by atoms with Gasteiger partial charge in [-0.05, 0) is 36.8 Å². The van der Waals surface area contributed by atoms with E-state index < -0.39 is 35.7 Å². The Hall–Kier alpha value is -3.10. The number of carbonyl (C=O) groups excluding carboxylic acids is 1. The zero-order chi connectivity index (χ0) is 20.2. The summed E-state index contributed by atoms with van der Waals surface area (Å²) in [6, 6.07) is 8.17. The van der Waals surface area contributed by atoms with E-state index in [0.717, 1.165) is 12.3 Å². The number of alkyl halides is 3. The quantitative estimate of drug-likeness (QED) is 0.801. The van der Waals surface area contributed by atoms with E-state index in [1.165, 1.54) is 14.0 Å². The molecule has 0 bridgehead atoms. The SMILES string of the molecule is COc1cccc(C(C)(CC(=O)O)NC(=O)c2ccc(C(F)(F)F)nc2)c1. The number of aliphatic carboxylic acids is 1. The summed E-state index contributed by atoms with van der Waals surface area (Å²) in [5.74, 6) is -1.44. The Morgan fingerprint density at radius 2 is 1.93 bits per heavy atom. The molecule has 1 atom stereocenters. The van der Waals surface area contributed by atoms with Gasteiger partial charge in [0.25, 0.3) is 5.91 Å². The Bertz CT molecular complexity index is 837. The highest BCUT2D eigenvalue weighted by atomic mass is 19.4. The van der Waals surface area contributed by atoms with Crippen LogP contribution in [0.25, 0.3) is 0 Å². The maximum absolute atomic E-state index is 12.6. The van der Waals surface area contributed by atoms with Gasteiger partial charge in [0.05, 0.1) is 24.6 Å². The fourth-order valence-electron chi connectivity index (χ4n) is 2.51. The van der Waals surface area contributed by atoms with Gasteiger partial charge in [-0.1, -0.05) is 12.1 Å². The average Bonchev–Trinajstić information content (AvgIpc) is 2.60. The standard InChI is InChI=1S/C18H17F3N2O4/c1-17(9-15(24)25,12-4-3-5-13(8-12)27-2)23-16(26)11-6-7-14(22-10-11)18(19,20)21/h3-8,10H,9H2,1-2H3,(H,23,26)(H,24,25). The van der Waals surface area contributed by atoms with Gasteiger partial charge in [-0.25, -0.2) is 0 Å². The van der Waals surface area contributed by atoms with Crippen LogP contribution in [-0.2, 0) is 16.5 Å². The molecule has 0 saturated carbocycles. The van der Waals surface area contributed by atoms with Crippen molar-refractivity contribution in [3.63, 3.8) is 0 Å². The normalized spacial score (nSPS) is 13.5. The predicted octanol–water partition coefficient (Wildman–Crippen LogP) is 3.23. The Labute approximate surface area is 153 Å². The average molecular weight is 382 g/mol. The molecule has 2 N–H and O–H groups in total. The third-order valence-corrected chi connectivity index (χ3v) is 3.92. The van der Waals surface area contributed by atoms with Gasteiger partial charge >= 0.3 is 12.1 Å². The Morgan fingerprint density at radius 3 is 2.44 bits per heavy atom. The maximum atomic E-state index is 12.6. The van der Waals surface area contributed by atoms with Crippen LogP contribution in [0.15, 0.2) is 42.6 Å². The number of carbonyl (C=O) groups is 2. The van der Waals surface area contributed by atoms with Crippen molar-refractivity contribution in [2.45, 2.75) is 25.1 Å². The lowest BCUT2D eigenvalue weighted by Gasteiger charge is -2.30. The molecule has 0 fully saturated rings. The highest BCUT2D eigenvalue weighted by Crippen LogP contribution is 2.29. The molecular weight excluding hydrogens is 365 g/mol. The zero-order valence-corrected chi connectivity index (χ0v) is 14.5. The lowest BCUT2D eigenvalue weighted by atomic mass is 9.88. The first-order valence-corrected chi connectivity index (χ1v) is 7.77. The number of methoxy groups -OCH3 is 1. The number of carboxylic acid groups (broad SMARTS) is 1. The molecule has 1 aromatic heterocycles. The molecule has 0 spiro atoms. The second kappa shape index (κ2) is 7.65. The number of nitrogens with zero attached hydrogens (tertiary/aromatic N) is 1. The molecule has 0 aliphatic rings. The van der Waals surface area contributed by atoms with Gasteiger partial charge in [-0.2, -0.15) is 13.2 Å². The number of carboxylic acids is 1. The number of rotatable bonds is 6. The number of hydrogen-bond donors (Lipinski definition) is 2. The Morgan fingerprint density at radius 1 is 1.22 bits per heavy atom. The van der Waals surface area contributed by atoms with Crippen molar-refractivity contribution >= 4 is 11.9 Å². The van der Waals surface area contributed by atoms with Crippen LogP contribution in [-0.4, -0.2) is 29.1 Å². The van der Waals surface area contributed by atoms with E-state index in [4.69, 9.17) is 4.74 Å². The van der Waals surface area contributed by atoms with Crippen LogP contribution < -0.4 is 10.1 Å². The van der Waals surface area contributed by atoms with E-state index in [9.17, 15) is 27.9 Å². The summed E-state index contributed by atoms with van der Waals surface area (Å²) < 4.78 is 42.9. The van der Waals surface area contributed by atoms with Gasteiger partial charge in [0.2, 0.25) is 0 Å². The number of ether oxygens (including phenoxy) is 1. The fourth-order valence-corrected chi connectivity index (χ4v) is 2.51. The topological polar surface area (TPSA) is 88.5 Å². The van der Waals surface area contributed by atoms with Crippen molar-refractivity contribution in [3.05, 3.63) is 59.4 Å². The van der Waals surface area contributed by atoms with Crippen molar-refractivity contribution < 1.29 is 32.6 Å². The summed E-state index contributed by atoms with van der Waals surface area (Å²) in [6.45, 7) is 1.51. The molecule has 1 heterocycles. The summed E-state index contributed by atoms with van der Waals surface area (Å²) in [7, 11) is 1.44. The van der Waals surface area contributed by atoms with E-state index in [1.54, 1.807) is 24.3 Å². The van der Waals surface area contributed by atoms with Crippen LogP contribution in [0.1, 0.15) is 35.0 Å². The number of benzene rings is 1. The molecule has 2 aromatic rings. The van der Waals surface area contributed by atoms with E-state index in [1.807, 2.05) is 0 Å². The van der Waals surface area contributed by atoms with Crippen molar-refractivity contribution in [1.82, 2.24) is 10.3 Å². The zero-order valence-electron chi connectivity index (χ0n) is 14.5. The molecular formula is C18H17F3N2O4. The summed E-state index contributed by atoms with van der Waals surface area (Å²) in [5, 5.41) is 11.8. The van der Waals surface area contributed by atoms with Crippen molar-refractivity contribution in [3.8, 4) is 5.75 Å². The number of pyridine rings is 1. The lowest BCUT2D eigenvalue weighted by molar-refractivity contribution is -0.141. The monoisotopic (exact) mass is 382 g/mol. The highest BCUT2D eigenvalue weighted by Gasteiger charge is 2.34. The fraction of sp³-hybridized carbons (Fsp3) is 0.278. The van der Waals surface area contributed by atoms with Gasteiger partial charge in [0, 0.05) is 6.20 Å². The molecule has 1 amide bonds. The second-order valence-electron chi connectivity index (χ2n) is 6.02. The van der Waals surface area contributed by atoms with E-state index in [-0.39, 0.29) is 5.56 Å². The Balaban J connectivity index is 2.32. The van der Waals surface area contributed by atoms with Crippen molar-refractivity contribution in [1.29, 1.82) is 0 Å². The van der Waals surface area contributed by atoms with Crippen LogP contribution in [0.5, 0.6) is 5.75 Å².